The maximum atomic E-state index is 12.3. The smallest absolute Gasteiger partial charge is 0.253 e. The van der Waals surface area contributed by atoms with Crippen molar-refractivity contribution in [3.63, 3.8) is 0 Å². The molecular formula is C17H21N3O2. The molecule has 5 heteroatoms. The lowest BCUT2D eigenvalue weighted by molar-refractivity contribution is -0.131. The number of piperidine rings is 1. The summed E-state index contributed by atoms with van der Waals surface area (Å²) in [4.78, 5) is 29.3. The Morgan fingerprint density at radius 3 is 2.77 bits per heavy atom. The highest BCUT2D eigenvalue weighted by Crippen LogP contribution is 2.18. The Morgan fingerprint density at radius 2 is 2.00 bits per heavy atom. The fourth-order valence-electron chi connectivity index (χ4n) is 2.88. The van der Waals surface area contributed by atoms with Crippen LogP contribution in [0.1, 0.15) is 30.1 Å². The molecule has 116 valence electrons. The van der Waals surface area contributed by atoms with E-state index in [1.54, 1.807) is 6.20 Å². The van der Waals surface area contributed by atoms with Crippen LogP contribution in [0.25, 0.3) is 10.9 Å². The number of hydrogen-bond donors (Lipinski definition) is 2. The first-order valence-corrected chi connectivity index (χ1v) is 7.77. The minimum Gasteiger partial charge on any atom is -0.360 e. The van der Waals surface area contributed by atoms with Crippen molar-refractivity contribution in [2.75, 3.05) is 19.6 Å². The fourth-order valence-corrected chi connectivity index (χ4v) is 2.88. The minimum absolute atomic E-state index is 0.0000845. The monoisotopic (exact) mass is 299 g/mol. The summed E-state index contributed by atoms with van der Waals surface area (Å²) < 4.78 is 0. The highest BCUT2D eigenvalue weighted by Gasteiger charge is 2.21. The molecule has 1 fully saturated rings. The van der Waals surface area contributed by atoms with Crippen molar-refractivity contribution < 1.29 is 9.59 Å². The zero-order valence-corrected chi connectivity index (χ0v) is 12.8. The van der Waals surface area contributed by atoms with Crippen molar-refractivity contribution in [2.45, 2.75) is 19.8 Å². The van der Waals surface area contributed by atoms with Crippen LogP contribution in [0.15, 0.2) is 30.5 Å². The maximum absolute atomic E-state index is 12.3. The first-order valence-electron chi connectivity index (χ1n) is 7.77. The number of nitrogens with zero attached hydrogens (tertiary/aromatic N) is 1. The number of likely N-dealkylation sites (tertiary alicyclic amines) is 1. The van der Waals surface area contributed by atoms with Gasteiger partial charge in [0.05, 0.1) is 12.1 Å². The summed E-state index contributed by atoms with van der Waals surface area (Å²) in [5, 5.41) is 3.61. The Bertz CT molecular complexity index is 684. The van der Waals surface area contributed by atoms with Crippen LogP contribution in [0.4, 0.5) is 0 Å². The van der Waals surface area contributed by atoms with Gasteiger partial charge in [-0.05, 0) is 24.8 Å². The standard InChI is InChI=1S/C17H21N3O2/c1-12-6-8-20(9-7-12)16(21)11-19-17(22)14-10-18-15-5-3-2-4-13(14)15/h2-5,10,12,18H,6-9,11H2,1H3,(H,19,22). The van der Waals surface area contributed by atoms with E-state index in [0.29, 0.717) is 11.5 Å². The third-order valence-electron chi connectivity index (χ3n) is 4.37. The molecule has 5 nitrogen and oxygen atoms in total. The normalized spacial score (nSPS) is 16.0. The number of H-pyrrole nitrogens is 1. The lowest BCUT2D eigenvalue weighted by Gasteiger charge is -2.30. The summed E-state index contributed by atoms with van der Waals surface area (Å²) in [6, 6.07) is 7.63. The second kappa shape index (κ2) is 6.22. The number of carbonyl (C=O) groups is 2. The lowest BCUT2D eigenvalue weighted by Crippen LogP contribution is -2.43. The predicted molar refractivity (Wildman–Crippen MR) is 85.6 cm³/mol. The van der Waals surface area contributed by atoms with E-state index in [1.807, 2.05) is 29.2 Å². The molecule has 2 N–H and O–H groups in total. The molecule has 1 aromatic carbocycles. The molecule has 0 aliphatic carbocycles. The SMILES string of the molecule is CC1CCN(C(=O)CNC(=O)c2c[nH]c3ccccc23)CC1. The van der Waals surface area contributed by atoms with E-state index in [-0.39, 0.29) is 18.4 Å². The second-order valence-corrected chi connectivity index (χ2v) is 5.99. The predicted octanol–water partition coefficient (Wildman–Crippen LogP) is 2.16. The fraction of sp³-hybridized carbons (Fsp3) is 0.412. The van der Waals surface area contributed by atoms with E-state index in [1.165, 1.54) is 0 Å². The van der Waals surface area contributed by atoms with E-state index >= 15 is 0 Å². The van der Waals surface area contributed by atoms with Crippen molar-refractivity contribution in [3.05, 3.63) is 36.0 Å². The van der Waals surface area contributed by atoms with Gasteiger partial charge in [-0.25, -0.2) is 0 Å². The summed E-state index contributed by atoms with van der Waals surface area (Å²) in [6.45, 7) is 3.86. The highest BCUT2D eigenvalue weighted by molar-refractivity contribution is 6.07. The quantitative estimate of drug-likeness (QED) is 0.912. The van der Waals surface area contributed by atoms with Crippen molar-refractivity contribution in [1.29, 1.82) is 0 Å². The van der Waals surface area contributed by atoms with Crippen molar-refractivity contribution in [1.82, 2.24) is 15.2 Å². The van der Waals surface area contributed by atoms with Crippen molar-refractivity contribution >= 4 is 22.7 Å². The number of hydrogen-bond acceptors (Lipinski definition) is 2. The summed E-state index contributed by atoms with van der Waals surface area (Å²) in [5.74, 6) is 0.473. The Hall–Kier alpha value is -2.30. The Balaban J connectivity index is 1.59. The number of carbonyl (C=O) groups excluding carboxylic acids is 2. The molecule has 0 saturated carbocycles. The Morgan fingerprint density at radius 1 is 1.27 bits per heavy atom. The molecular weight excluding hydrogens is 278 g/mol. The Labute approximate surface area is 129 Å². The molecule has 0 atom stereocenters. The first kappa shape index (κ1) is 14.6. The van der Waals surface area contributed by atoms with Crippen LogP contribution in [0.5, 0.6) is 0 Å². The van der Waals surface area contributed by atoms with E-state index in [2.05, 4.69) is 17.2 Å². The first-order chi connectivity index (χ1) is 10.6. The molecule has 0 spiro atoms. The van der Waals surface area contributed by atoms with Crippen LogP contribution in [0, 0.1) is 5.92 Å². The van der Waals surface area contributed by atoms with Gasteiger partial charge in [-0.15, -0.1) is 0 Å². The highest BCUT2D eigenvalue weighted by atomic mass is 16.2. The van der Waals surface area contributed by atoms with Gasteiger partial charge in [-0.2, -0.15) is 0 Å². The summed E-state index contributed by atoms with van der Waals surface area (Å²) in [5.41, 5.74) is 1.50. The topological polar surface area (TPSA) is 65.2 Å². The largest absolute Gasteiger partial charge is 0.360 e. The summed E-state index contributed by atoms with van der Waals surface area (Å²) in [6.07, 6.45) is 3.78. The van der Waals surface area contributed by atoms with E-state index < -0.39 is 0 Å². The van der Waals surface area contributed by atoms with Gasteiger partial charge < -0.3 is 15.2 Å². The van der Waals surface area contributed by atoms with Crippen molar-refractivity contribution in [3.8, 4) is 0 Å². The van der Waals surface area contributed by atoms with Crippen LogP contribution in [0.3, 0.4) is 0 Å². The average molecular weight is 299 g/mol. The molecule has 0 unspecified atom stereocenters. The van der Waals surface area contributed by atoms with Gasteiger partial charge in [-0.3, -0.25) is 9.59 Å². The van der Waals surface area contributed by atoms with Gasteiger partial charge in [0, 0.05) is 30.2 Å². The van der Waals surface area contributed by atoms with Crippen molar-refractivity contribution in [2.24, 2.45) is 5.92 Å². The summed E-state index contributed by atoms with van der Waals surface area (Å²) in [7, 11) is 0. The van der Waals surface area contributed by atoms with Gasteiger partial charge in [0.1, 0.15) is 0 Å². The van der Waals surface area contributed by atoms with Crippen LogP contribution < -0.4 is 5.32 Å². The number of nitrogens with one attached hydrogen (secondary N) is 2. The molecule has 0 radical (unpaired) electrons. The molecule has 3 rings (SSSR count). The zero-order chi connectivity index (χ0) is 15.5. The van der Waals surface area contributed by atoms with E-state index in [0.717, 1.165) is 36.8 Å². The van der Waals surface area contributed by atoms with E-state index in [4.69, 9.17) is 0 Å². The molecule has 0 bridgehead atoms. The minimum atomic E-state index is -0.212. The van der Waals surface area contributed by atoms with Gasteiger partial charge in [0.15, 0.2) is 0 Å². The average Bonchev–Trinajstić information content (AvgIpc) is 2.97. The van der Waals surface area contributed by atoms with Gasteiger partial charge >= 0.3 is 0 Å². The number of aromatic amines is 1. The number of para-hydroxylation sites is 1. The third-order valence-corrected chi connectivity index (χ3v) is 4.37. The lowest BCUT2D eigenvalue weighted by atomic mass is 9.99. The maximum Gasteiger partial charge on any atom is 0.253 e. The van der Waals surface area contributed by atoms with Crippen LogP contribution >= 0.6 is 0 Å². The Kier molecular flexibility index (Phi) is 4.13. The third kappa shape index (κ3) is 2.98. The van der Waals surface area contributed by atoms with Crippen LogP contribution in [-0.4, -0.2) is 41.3 Å². The van der Waals surface area contributed by atoms with Gasteiger partial charge in [0.25, 0.3) is 5.91 Å². The molecule has 1 saturated heterocycles. The number of rotatable bonds is 3. The van der Waals surface area contributed by atoms with Gasteiger partial charge in [-0.1, -0.05) is 25.1 Å². The van der Waals surface area contributed by atoms with E-state index in [9.17, 15) is 9.59 Å². The molecule has 2 aromatic rings. The number of amides is 2. The molecule has 2 heterocycles. The number of fused-ring (bicyclic) bond motifs is 1. The summed E-state index contributed by atoms with van der Waals surface area (Å²) >= 11 is 0. The molecule has 22 heavy (non-hydrogen) atoms. The van der Waals surface area contributed by atoms with Crippen LogP contribution in [0.2, 0.25) is 0 Å². The molecule has 2 amide bonds. The number of aromatic nitrogens is 1. The van der Waals surface area contributed by atoms with Gasteiger partial charge in [0.2, 0.25) is 5.91 Å². The second-order valence-electron chi connectivity index (χ2n) is 5.99. The zero-order valence-electron chi connectivity index (χ0n) is 12.8. The number of benzene rings is 1. The molecule has 1 aliphatic rings. The molecule has 1 aliphatic heterocycles. The van der Waals surface area contributed by atoms with Crippen LogP contribution in [-0.2, 0) is 4.79 Å². The molecule has 1 aromatic heterocycles.